The van der Waals surface area contributed by atoms with Crippen molar-refractivity contribution in [3.8, 4) is 5.75 Å². The number of amides is 1. The average Bonchev–Trinajstić information content (AvgIpc) is 3.22. The van der Waals surface area contributed by atoms with Crippen molar-refractivity contribution in [3.05, 3.63) is 47.5 Å². The molecule has 2 heterocycles. The molecule has 0 aliphatic rings. The summed E-state index contributed by atoms with van der Waals surface area (Å²) in [6, 6.07) is 11.5. The second kappa shape index (κ2) is 7.01. The quantitative estimate of drug-likeness (QED) is 0.486. The van der Waals surface area contributed by atoms with E-state index in [0.29, 0.717) is 17.0 Å². The maximum absolute atomic E-state index is 12.3. The number of hydrogen-bond donors (Lipinski definition) is 1. The molecule has 0 bridgehead atoms. The molecule has 5 nitrogen and oxygen atoms in total. The number of carbonyl (C=O) groups is 1. The van der Waals surface area contributed by atoms with Crippen LogP contribution in [0.4, 0.5) is 5.69 Å². The number of anilines is 1. The van der Waals surface area contributed by atoms with Gasteiger partial charge in [-0.15, -0.1) is 11.3 Å². The smallest absolute Gasteiger partial charge is 0.234 e. The number of hydrogen-bond acceptors (Lipinski definition) is 6. The number of thiazole rings is 1. The van der Waals surface area contributed by atoms with Crippen molar-refractivity contribution in [1.29, 1.82) is 0 Å². The lowest BCUT2D eigenvalue weighted by molar-refractivity contribution is -0.113. The van der Waals surface area contributed by atoms with Crippen LogP contribution in [0.2, 0.25) is 0 Å². The molecule has 4 rings (SSSR count). The summed E-state index contributed by atoms with van der Waals surface area (Å²) in [5, 5.41) is 6.86. The Morgan fingerprint density at radius 3 is 2.88 bits per heavy atom. The number of aryl methyl sites for hydroxylation is 1. The van der Waals surface area contributed by atoms with Gasteiger partial charge in [-0.1, -0.05) is 30.0 Å². The maximum atomic E-state index is 12.3. The summed E-state index contributed by atoms with van der Waals surface area (Å²) < 4.78 is 12.2. The molecule has 0 unspecified atom stereocenters. The van der Waals surface area contributed by atoms with Crippen LogP contribution < -0.4 is 10.1 Å². The molecule has 2 aromatic heterocycles. The highest BCUT2D eigenvalue weighted by Crippen LogP contribution is 2.36. The van der Waals surface area contributed by atoms with Gasteiger partial charge in [0.25, 0.3) is 0 Å². The molecular weight excluding hydrogens is 368 g/mol. The highest BCUT2D eigenvalue weighted by atomic mass is 32.2. The molecule has 1 amide bonds. The Kier molecular flexibility index (Phi) is 4.57. The predicted octanol–water partition coefficient (Wildman–Crippen LogP) is 5.09. The SMILES string of the molecule is COc1cc2c(cc1NC(=O)CSc1nc(C)cs1)oc1ccccc12. The summed E-state index contributed by atoms with van der Waals surface area (Å²) in [5.41, 5.74) is 3.09. The van der Waals surface area contributed by atoms with Crippen molar-refractivity contribution in [3.63, 3.8) is 0 Å². The molecule has 0 spiro atoms. The summed E-state index contributed by atoms with van der Waals surface area (Å²) in [4.78, 5) is 16.7. The number of nitrogens with one attached hydrogen (secondary N) is 1. The van der Waals surface area contributed by atoms with Crippen molar-refractivity contribution < 1.29 is 13.9 Å². The number of fused-ring (bicyclic) bond motifs is 3. The molecule has 2 aromatic carbocycles. The predicted molar refractivity (Wildman–Crippen MR) is 106 cm³/mol. The zero-order valence-corrected chi connectivity index (χ0v) is 15.9. The van der Waals surface area contributed by atoms with Gasteiger partial charge in [0.1, 0.15) is 16.9 Å². The first-order valence-corrected chi connectivity index (χ1v) is 9.84. The van der Waals surface area contributed by atoms with Gasteiger partial charge in [-0.05, 0) is 19.1 Å². The van der Waals surface area contributed by atoms with Crippen LogP contribution >= 0.6 is 23.1 Å². The molecular formula is C19H16N2O3S2. The summed E-state index contributed by atoms with van der Waals surface area (Å²) in [6.45, 7) is 1.94. The Morgan fingerprint density at radius 2 is 2.12 bits per heavy atom. The number of para-hydroxylation sites is 1. The number of aromatic nitrogens is 1. The van der Waals surface area contributed by atoms with Gasteiger partial charge >= 0.3 is 0 Å². The second-order valence-electron chi connectivity index (χ2n) is 5.74. The molecule has 0 aliphatic carbocycles. The fourth-order valence-corrected chi connectivity index (χ4v) is 4.38. The third kappa shape index (κ3) is 3.27. The summed E-state index contributed by atoms with van der Waals surface area (Å²) in [6.07, 6.45) is 0. The van der Waals surface area contributed by atoms with E-state index in [1.165, 1.54) is 11.8 Å². The van der Waals surface area contributed by atoms with Crippen LogP contribution in [0.3, 0.4) is 0 Å². The number of methoxy groups -OCH3 is 1. The number of furan rings is 1. The van der Waals surface area contributed by atoms with E-state index in [4.69, 9.17) is 9.15 Å². The lowest BCUT2D eigenvalue weighted by Crippen LogP contribution is -2.14. The lowest BCUT2D eigenvalue weighted by atomic mass is 10.1. The largest absolute Gasteiger partial charge is 0.495 e. The summed E-state index contributed by atoms with van der Waals surface area (Å²) in [5.74, 6) is 0.776. The topological polar surface area (TPSA) is 64.4 Å². The average molecular weight is 384 g/mol. The zero-order chi connectivity index (χ0) is 18.1. The van der Waals surface area contributed by atoms with E-state index in [0.717, 1.165) is 26.4 Å². The molecule has 0 radical (unpaired) electrons. The van der Waals surface area contributed by atoms with E-state index in [9.17, 15) is 4.79 Å². The zero-order valence-electron chi connectivity index (χ0n) is 14.2. The number of benzene rings is 2. The van der Waals surface area contributed by atoms with E-state index in [-0.39, 0.29) is 11.7 Å². The fourth-order valence-electron chi connectivity index (χ4n) is 2.73. The van der Waals surface area contributed by atoms with E-state index >= 15 is 0 Å². The number of rotatable bonds is 5. The molecule has 0 fully saturated rings. The molecule has 1 N–H and O–H groups in total. The standard InChI is InChI=1S/C19H16N2O3S2/c1-11-9-25-19(20-11)26-10-18(22)21-14-8-16-13(7-17(14)23-2)12-5-3-4-6-15(12)24-16/h3-9H,10H2,1-2H3,(H,21,22). The third-order valence-corrected chi connectivity index (χ3v) is 6.04. The number of nitrogens with zero attached hydrogens (tertiary/aromatic N) is 1. The maximum Gasteiger partial charge on any atom is 0.234 e. The second-order valence-corrected chi connectivity index (χ2v) is 7.82. The lowest BCUT2D eigenvalue weighted by Gasteiger charge is -2.10. The molecule has 132 valence electrons. The number of carbonyl (C=O) groups excluding carboxylic acids is 1. The molecule has 0 aliphatic heterocycles. The molecule has 4 aromatic rings. The minimum atomic E-state index is -0.114. The van der Waals surface area contributed by atoms with Gasteiger partial charge in [0.15, 0.2) is 4.34 Å². The van der Waals surface area contributed by atoms with Gasteiger partial charge in [0.2, 0.25) is 5.91 Å². The third-order valence-electron chi connectivity index (χ3n) is 3.90. The van der Waals surface area contributed by atoms with Gasteiger partial charge in [-0.25, -0.2) is 4.98 Å². The Hall–Kier alpha value is -2.51. The van der Waals surface area contributed by atoms with E-state index in [1.807, 2.05) is 48.7 Å². The Labute approximate surface area is 158 Å². The molecule has 0 saturated heterocycles. The van der Waals surface area contributed by atoms with Crippen molar-refractivity contribution in [1.82, 2.24) is 4.98 Å². The van der Waals surface area contributed by atoms with Crippen LogP contribution in [0.15, 0.2) is 50.5 Å². The van der Waals surface area contributed by atoms with Crippen LogP contribution in [0.25, 0.3) is 21.9 Å². The van der Waals surface area contributed by atoms with Gasteiger partial charge < -0.3 is 14.5 Å². The van der Waals surface area contributed by atoms with Gasteiger partial charge in [-0.2, -0.15) is 0 Å². The highest BCUT2D eigenvalue weighted by molar-refractivity contribution is 8.01. The monoisotopic (exact) mass is 384 g/mol. The summed E-state index contributed by atoms with van der Waals surface area (Å²) in [7, 11) is 1.59. The number of thioether (sulfide) groups is 1. The summed E-state index contributed by atoms with van der Waals surface area (Å²) >= 11 is 2.96. The minimum Gasteiger partial charge on any atom is -0.495 e. The first-order valence-electron chi connectivity index (χ1n) is 7.98. The van der Waals surface area contributed by atoms with Crippen LogP contribution in [-0.2, 0) is 4.79 Å². The Morgan fingerprint density at radius 1 is 1.27 bits per heavy atom. The van der Waals surface area contributed by atoms with Crippen molar-refractivity contribution in [2.45, 2.75) is 11.3 Å². The van der Waals surface area contributed by atoms with Gasteiger partial charge in [0.05, 0.1) is 18.6 Å². The van der Waals surface area contributed by atoms with Crippen molar-refractivity contribution >= 4 is 56.6 Å². The van der Waals surface area contributed by atoms with Crippen LogP contribution in [0.1, 0.15) is 5.69 Å². The van der Waals surface area contributed by atoms with E-state index in [2.05, 4.69) is 10.3 Å². The number of ether oxygens (including phenoxy) is 1. The Balaban J connectivity index is 1.58. The molecule has 26 heavy (non-hydrogen) atoms. The Bertz CT molecular complexity index is 1100. The molecule has 0 atom stereocenters. The van der Waals surface area contributed by atoms with Crippen LogP contribution in [0, 0.1) is 6.92 Å². The van der Waals surface area contributed by atoms with Crippen molar-refractivity contribution in [2.75, 3.05) is 18.2 Å². The van der Waals surface area contributed by atoms with Crippen LogP contribution in [0.5, 0.6) is 5.75 Å². The van der Waals surface area contributed by atoms with Gasteiger partial charge in [0, 0.05) is 27.9 Å². The van der Waals surface area contributed by atoms with E-state index < -0.39 is 0 Å². The first-order chi connectivity index (χ1) is 12.6. The highest BCUT2D eigenvalue weighted by Gasteiger charge is 2.14. The molecule has 0 saturated carbocycles. The van der Waals surface area contributed by atoms with Crippen LogP contribution in [-0.4, -0.2) is 23.8 Å². The minimum absolute atomic E-state index is 0.114. The molecule has 7 heteroatoms. The van der Waals surface area contributed by atoms with E-state index in [1.54, 1.807) is 18.4 Å². The van der Waals surface area contributed by atoms with Gasteiger partial charge in [-0.3, -0.25) is 4.79 Å². The first kappa shape index (κ1) is 16.9. The normalized spacial score (nSPS) is 11.2. The fraction of sp³-hybridized carbons (Fsp3) is 0.158. The van der Waals surface area contributed by atoms with Crippen molar-refractivity contribution in [2.24, 2.45) is 0 Å².